The molecule has 3 nitrogen and oxygen atoms in total. The Balaban J connectivity index is 2.70. The average Bonchev–Trinajstić information content (AvgIpc) is 2.24. The van der Waals surface area contributed by atoms with Gasteiger partial charge in [-0.25, -0.2) is 4.98 Å². The maximum Gasteiger partial charge on any atom is 0.128 e. The van der Waals surface area contributed by atoms with Gasteiger partial charge in [-0.1, -0.05) is 27.7 Å². The molecule has 0 aromatic carbocycles. The first-order valence-electron chi connectivity index (χ1n) is 6.29. The van der Waals surface area contributed by atoms with Crippen molar-refractivity contribution in [1.82, 2.24) is 10.3 Å². The van der Waals surface area contributed by atoms with E-state index in [0.717, 1.165) is 25.5 Å². The van der Waals surface area contributed by atoms with E-state index in [1.807, 2.05) is 6.20 Å². The molecule has 0 aliphatic heterocycles. The van der Waals surface area contributed by atoms with Crippen LogP contribution in [0.2, 0.25) is 0 Å². The zero-order valence-corrected chi connectivity index (χ0v) is 11.7. The number of aromatic nitrogens is 1. The van der Waals surface area contributed by atoms with Gasteiger partial charge in [0.05, 0.1) is 0 Å². The number of hydrogen-bond acceptors (Lipinski definition) is 3. The summed E-state index contributed by atoms with van der Waals surface area (Å²) in [5.41, 5.74) is 1.58. The monoisotopic (exact) mass is 235 g/mol. The Kier molecular flexibility index (Phi) is 4.94. The molecule has 96 valence electrons. The SMILES string of the molecule is CCNCc1ccnc(N(C)CC(C)(C)C)c1. The average molecular weight is 235 g/mol. The molecule has 3 heteroatoms. The van der Waals surface area contributed by atoms with Crippen molar-refractivity contribution in [3.05, 3.63) is 23.9 Å². The highest BCUT2D eigenvalue weighted by atomic mass is 15.2. The summed E-state index contributed by atoms with van der Waals surface area (Å²) in [5.74, 6) is 1.05. The summed E-state index contributed by atoms with van der Waals surface area (Å²) in [6, 6.07) is 4.23. The van der Waals surface area contributed by atoms with Crippen molar-refractivity contribution >= 4 is 5.82 Å². The third-order valence-electron chi connectivity index (χ3n) is 2.49. The lowest BCUT2D eigenvalue weighted by Gasteiger charge is -2.27. The molecule has 0 saturated carbocycles. The molecule has 0 aliphatic carbocycles. The van der Waals surface area contributed by atoms with Crippen LogP contribution in [0.4, 0.5) is 5.82 Å². The van der Waals surface area contributed by atoms with E-state index in [2.05, 4.69) is 62.1 Å². The molecule has 0 spiro atoms. The summed E-state index contributed by atoms with van der Waals surface area (Å²) < 4.78 is 0. The van der Waals surface area contributed by atoms with Crippen LogP contribution in [0.25, 0.3) is 0 Å². The third-order valence-corrected chi connectivity index (χ3v) is 2.49. The van der Waals surface area contributed by atoms with Crippen LogP contribution in [0.1, 0.15) is 33.3 Å². The predicted octanol–water partition coefficient (Wildman–Crippen LogP) is 2.67. The van der Waals surface area contributed by atoms with Gasteiger partial charge in [0.2, 0.25) is 0 Å². The lowest BCUT2D eigenvalue weighted by Crippen LogP contribution is -2.29. The Morgan fingerprint density at radius 2 is 2.06 bits per heavy atom. The molecule has 0 fully saturated rings. The molecule has 0 aliphatic rings. The van der Waals surface area contributed by atoms with Crippen molar-refractivity contribution in [3.8, 4) is 0 Å². The molecule has 0 bridgehead atoms. The Morgan fingerprint density at radius 3 is 2.65 bits per heavy atom. The quantitative estimate of drug-likeness (QED) is 0.850. The van der Waals surface area contributed by atoms with Gasteiger partial charge in [0.1, 0.15) is 5.82 Å². The maximum atomic E-state index is 4.43. The summed E-state index contributed by atoms with van der Waals surface area (Å²) in [6.45, 7) is 11.8. The smallest absolute Gasteiger partial charge is 0.128 e. The van der Waals surface area contributed by atoms with E-state index < -0.39 is 0 Å². The first kappa shape index (κ1) is 14.0. The maximum absolute atomic E-state index is 4.43. The largest absolute Gasteiger partial charge is 0.359 e. The highest BCUT2D eigenvalue weighted by Crippen LogP contribution is 2.19. The number of nitrogens with one attached hydrogen (secondary N) is 1. The summed E-state index contributed by atoms with van der Waals surface area (Å²) in [6.07, 6.45) is 1.89. The topological polar surface area (TPSA) is 28.2 Å². The molecule has 0 unspecified atom stereocenters. The van der Waals surface area contributed by atoms with E-state index in [1.165, 1.54) is 5.56 Å². The van der Waals surface area contributed by atoms with E-state index >= 15 is 0 Å². The highest BCUT2D eigenvalue weighted by molar-refractivity contribution is 5.40. The van der Waals surface area contributed by atoms with Gasteiger partial charge in [-0.3, -0.25) is 0 Å². The summed E-state index contributed by atoms with van der Waals surface area (Å²) in [5, 5.41) is 3.33. The van der Waals surface area contributed by atoms with Gasteiger partial charge >= 0.3 is 0 Å². The van der Waals surface area contributed by atoms with Crippen molar-refractivity contribution in [2.45, 2.75) is 34.2 Å². The van der Waals surface area contributed by atoms with Crippen molar-refractivity contribution in [2.24, 2.45) is 5.41 Å². The minimum Gasteiger partial charge on any atom is -0.359 e. The van der Waals surface area contributed by atoms with E-state index in [-0.39, 0.29) is 5.41 Å². The van der Waals surface area contributed by atoms with Gasteiger partial charge in [-0.15, -0.1) is 0 Å². The normalized spacial score (nSPS) is 11.6. The molecule has 1 aromatic rings. The second-order valence-electron chi connectivity index (χ2n) is 5.72. The minimum absolute atomic E-state index is 0.286. The van der Waals surface area contributed by atoms with Crippen molar-refractivity contribution < 1.29 is 0 Å². The van der Waals surface area contributed by atoms with Crippen molar-refractivity contribution in [2.75, 3.05) is 25.0 Å². The fraction of sp³-hybridized carbons (Fsp3) is 0.643. The summed E-state index contributed by atoms with van der Waals surface area (Å²) in [7, 11) is 2.10. The molecule has 0 radical (unpaired) electrons. The van der Waals surface area contributed by atoms with Crippen LogP contribution in [0, 0.1) is 5.41 Å². The van der Waals surface area contributed by atoms with E-state index in [9.17, 15) is 0 Å². The van der Waals surface area contributed by atoms with Crippen LogP contribution in [-0.2, 0) is 6.54 Å². The number of pyridine rings is 1. The van der Waals surface area contributed by atoms with Crippen molar-refractivity contribution in [3.63, 3.8) is 0 Å². The van der Waals surface area contributed by atoms with Gasteiger partial charge < -0.3 is 10.2 Å². The van der Waals surface area contributed by atoms with Crippen LogP contribution in [0.3, 0.4) is 0 Å². The number of nitrogens with zero attached hydrogens (tertiary/aromatic N) is 2. The molecular formula is C14H25N3. The predicted molar refractivity (Wildman–Crippen MR) is 74.3 cm³/mol. The molecule has 1 aromatic heterocycles. The Labute approximate surface area is 105 Å². The number of hydrogen-bond donors (Lipinski definition) is 1. The van der Waals surface area contributed by atoms with E-state index in [1.54, 1.807) is 0 Å². The van der Waals surface area contributed by atoms with Gasteiger partial charge in [0.25, 0.3) is 0 Å². The summed E-state index contributed by atoms with van der Waals surface area (Å²) >= 11 is 0. The second kappa shape index (κ2) is 6.01. The lowest BCUT2D eigenvalue weighted by atomic mass is 9.96. The Morgan fingerprint density at radius 1 is 1.35 bits per heavy atom. The molecule has 1 heterocycles. The van der Waals surface area contributed by atoms with Crippen LogP contribution in [0.5, 0.6) is 0 Å². The minimum atomic E-state index is 0.286. The van der Waals surface area contributed by atoms with Crippen molar-refractivity contribution in [1.29, 1.82) is 0 Å². The molecule has 17 heavy (non-hydrogen) atoms. The molecule has 0 amide bonds. The number of rotatable bonds is 5. The first-order valence-corrected chi connectivity index (χ1v) is 6.29. The Bertz CT molecular complexity index is 342. The van der Waals surface area contributed by atoms with Crippen LogP contribution < -0.4 is 10.2 Å². The fourth-order valence-corrected chi connectivity index (χ4v) is 1.84. The number of anilines is 1. The third kappa shape index (κ3) is 5.18. The second-order valence-corrected chi connectivity index (χ2v) is 5.72. The summed E-state index contributed by atoms with van der Waals surface area (Å²) in [4.78, 5) is 6.65. The molecule has 0 atom stereocenters. The van der Waals surface area contributed by atoms with Crippen LogP contribution >= 0.6 is 0 Å². The van der Waals surface area contributed by atoms with Gasteiger partial charge in [0.15, 0.2) is 0 Å². The van der Waals surface area contributed by atoms with E-state index in [0.29, 0.717) is 0 Å². The lowest BCUT2D eigenvalue weighted by molar-refractivity contribution is 0.418. The van der Waals surface area contributed by atoms with Crippen LogP contribution in [0.15, 0.2) is 18.3 Å². The zero-order valence-electron chi connectivity index (χ0n) is 11.7. The standard InChI is InChI=1S/C14H25N3/c1-6-15-10-12-7-8-16-13(9-12)17(5)11-14(2,3)4/h7-9,15H,6,10-11H2,1-5H3. The Hall–Kier alpha value is -1.09. The zero-order chi connectivity index (χ0) is 12.9. The molecule has 0 saturated heterocycles. The van der Waals surface area contributed by atoms with Gasteiger partial charge in [-0.05, 0) is 29.7 Å². The molecule has 1 rings (SSSR count). The molecule has 1 N–H and O–H groups in total. The van der Waals surface area contributed by atoms with Gasteiger partial charge in [-0.2, -0.15) is 0 Å². The van der Waals surface area contributed by atoms with Crippen LogP contribution in [-0.4, -0.2) is 25.1 Å². The van der Waals surface area contributed by atoms with Gasteiger partial charge in [0, 0.05) is 26.3 Å². The molecular weight excluding hydrogens is 210 g/mol. The van der Waals surface area contributed by atoms with E-state index in [4.69, 9.17) is 0 Å². The first-order chi connectivity index (χ1) is 7.92. The fourth-order valence-electron chi connectivity index (χ4n) is 1.84. The highest BCUT2D eigenvalue weighted by Gasteiger charge is 2.14.